The first-order chi connectivity index (χ1) is 9.69. The van der Waals surface area contributed by atoms with Crippen LogP contribution in [0.3, 0.4) is 0 Å². The summed E-state index contributed by atoms with van der Waals surface area (Å²) < 4.78 is 0. The van der Waals surface area contributed by atoms with Gasteiger partial charge in [0.2, 0.25) is 0 Å². The fourth-order valence-electron chi connectivity index (χ4n) is 3.38. The summed E-state index contributed by atoms with van der Waals surface area (Å²) in [4.78, 5) is 11.3. The molecule has 112 valence electrons. The van der Waals surface area contributed by atoms with Crippen LogP contribution in [0.4, 0.5) is 5.13 Å². The lowest BCUT2D eigenvalue weighted by Gasteiger charge is -2.34. The van der Waals surface area contributed by atoms with E-state index < -0.39 is 0 Å². The molecule has 1 aromatic rings. The van der Waals surface area contributed by atoms with Crippen molar-refractivity contribution in [2.75, 3.05) is 39.1 Å². The number of nitrogens with one attached hydrogen (secondary N) is 1. The Balaban J connectivity index is 1.75. The molecule has 1 unspecified atom stereocenters. The molecule has 4 nitrogen and oxygen atoms in total. The maximum atomic E-state index is 4.97. The molecular weight excluding hydrogens is 268 g/mol. The molecule has 1 N–H and O–H groups in total. The van der Waals surface area contributed by atoms with Gasteiger partial charge in [0.1, 0.15) is 0 Å². The zero-order valence-corrected chi connectivity index (χ0v) is 13.7. The summed E-state index contributed by atoms with van der Waals surface area (Å²) >= 11 is 1.92. The Morgan fingerprint density at radius 2 is 2.05 bits per heavy atom. The highest BCUT2D eigenvalue weighted by molar-refractivity contribution is 7.15. The van der Waals surface area contributed by atoms with E-state index in [1.807, 2.05) is 11.3 Å². The van der Waals surface area contributed by atoms with Gasteiger partial charge in [-0.3, -0.25) is 0 Å². The highest BCUT2D eigenvalue weighted by Gasteiger charge is 2.27. The van der Waals surface area contributed by atoms with E-state index in [1.165, 1.54) is 60.9 Å². The lowest BCUT2D eigenvalue weighted by Crippen LogP contribution is -2.42. The van der Waals surface area contributed by atoms with E-state index in [4.69, 9.17) is 4.98 Å². The Bertz CT molecular complexity index is 451. The summed E-state index contributed by atoms with van der Waals surface area (Å²) in [7, 11) is 6.50. The minimum absolute atomic E-state index is 0.467. The van der Waals surface area contributed by atoms with E-state index >= 15 is 0 Å². The van der Waals surface area contributed by atoms with Gasteiger partial charge in [-0.15, -0.1) is 11.3 Å². The smallest absolute Gasteiger partial charge is 0.185 e. The number of rotatable bonds is 3. The molecule has 1 aromatic heterocycles. The molecule has 0 aromatic carbocycles. The first-order valence-corrected chi connectivity index (χ1v) is 8.59. The highest BCUT2D eigenvalue weighted by Crippen LogP contribution is 2.37. The molecule has 20 heavy (non-hydrogen) atoms. The topological polar surface area (TPSA) is 31.4 Å². The summed E-state index contributed by atoms with van der Waals surface area (Å²) in [5.41, 5.74) is 1.32. The Morgan fingerprint density at radius 3 is 2.75 bits per heavy atom. The molecule has 0 saturated carbocycles. The van der Waals surface area contributed by atoms with Crippen molar-refractivity contribution in [3.63, 3.8) is 0 Å². The minimum atomic E-state index is 0.467. The molecule has 2 heterocycles. The van der Waals surface area contributed by atoms with E-state index in [0.717, 1.165) is 0 Å². The molecule has 0 bridgehead atoms. The van der Waals surface area contributed by atoms with Crippen LogP contribution in [0.2, 0.25) is 0 Å². The molecule has 1 saturated heterocycles. The van der Waals surface area contributed by atoms with Crippen LogP contribution in [-0.4, -0.2) is 50.2 Å². The number of hydrogen-bond acceptors (Lipinski definition) is 5. The van der Waals surface area contributed by atoms with Crippen molar-refractivity contribution in [2.45, 2.75) is 44.2 Å². The van der Waals surface area contributed by atoms with Crippen LogP contribution >= 0.6 is 11.3 Å². The molecule has 2 aliphatic rings. The number of anilines is 1. The molecule has 0 radical (unpaired) electrons. The number of likely N-dealkylation sites (tertiary alicyclic amines) is 1. The van der Waals surface area contributed by atoms with E-state index in [9.17, 15) is 0 Å². The Morgan fingerprint density at radius 1 is 1.30 bits per heavy atom. The van der Waals surface area contributed by atoms with Crippen molar-refractivity contribution in [3.05, 3.63) is 10.6 Å². The van der Waals surface area contributed by atoms with E-state index in [-0.39, 0.29) is 0 Å². The van der Waals surface area contributed by atoms with Crippen molar-refractivity contribution in [1.29, 1.82) is 0 Å². The number of piperidine rings is 1. The van der Waals surface area contributed by atoms with Gasteiger partial charge in [-0.1, -0.05) is 0 Å². The summed E-state index contributed by atoms with van der Waals surface area (Å²) in [6.45, 7) is 2.42. The molecule has 1 aliphatic carbocycles. The number of thiazole rings is 1. The van der Waals surface area contributed by atoms with Gasteiger partial charge in [-0.05, 0) is 59.3 Å². The molecule has 3 rings (SSSR count). The molecule has 0 amide bonds. The van der Waals surface area contributed by atoms with Crippen LogP contribution in [-0.2, 0) is 6.42 Å². The fraction of sp³-hybridized carbons (Fsp3) is 0.800. The van der Waals surface area contributed by atoms with Gasteiger partial charge in [0.15, 0.2) is 5.13 Å². The minimum Gasteiger partial charge on any atom is -0.348 e. The van der Waals surface area contributed by atoms with Crippen molar-refractivity contribution < 1.29 is 0 Å². The molecule has 0 spiro atoms. The average molecular weight is 294 g/mol. The van der Waals surface area contributed by atoms with Crippen LogP contribution in [0.5, 0.6) is 0 Å². The van der Waals surface area contributed by atoms with E-state index in [1.54, 1.807) is 0 Å². The number of aromatic nitrogens is 1. The van der Waals surface area contributed by atoms with Crippen molar-refractivity contribution in [3.8, 4) is 0 Å². The Kier molecular flexibility index (Phi) is 4.29. The zero-order valence-electron chi connectivity index (χ0n) is 12.9. The third kappa shape index (κ3) is 2.71. The van der Waals surface area contributed by atoms with E-state index in [2.05, 4.69) is 36.3 Å². The van der Waals surface area contributed by atoms with Gasteiger partial charge in [0.05, 0.1) is 11.7 Å². The maximum absolute atomic E-state index is 4.97. The number of aryl methyl sites for hydroxylation is 1. The van der Waals surface area contributed by atoms with Crippen LogP contribution < -0.4 is 10.2 Å². The third-order valence-corrected chi connectivity index (χ3v) is 6.05. The molecule has 1 atom stereocenters. The van der Waals surface area contributed by atoms with Crippen LogP contribution in [0.15, 0.2) is 0 Å². The predicted molar refractivity (Wildman–Crippen MR) is 85.8 cm³/mol. The highest BCUT2D eigenvalue weighted by atomic mass is 32.1. The summed E-state index contributed by atoms with van der Waals surface area (Å²) in [5, 5.41) is 4.65. The standard InChI is InChI=1S/C15H26N4S/c1-16-12-5-4-6-13-14(12)17-15(20-13)19(3)11-7-9-18(2)10-8-11/h11-12,16H,4-10H2,1-3H3. The summed E-state index contributed by atoms with van der Waals surface area (Å²) in [6, 6.07) is 1.13. The van der Waals surface area contributed by atoms with Crippen molar-refractivity contribution in [2.24, 2.45) is 0 Å². The quantitative estimate of drug-likeness (QED) is 0.927. The molecular formula is C15H26N4S. The molecule has 1 aliphatic heterocycles. The SMILES string of the molecule is CNC1CCCc2sc(N(C)C3CCN(C)CC3)nc21. The van der Waals surface area contributed by atoms with E-state index in [0.29, 0.717) is 12.1 Å². The molecule has 1 fully saturated rings. The Hall–Kier alpha value is -0.650. The first kappa shape index (κ1) is 14.3. The predicted octanol–water partition coefficient (Wildman–Crippen LogP) is 2.27. The number of nitrogens with zero attached hydrogens (tertiary/aromatic N) is 3. The summed E-state index contributed by atoms with van der Waals surface area (Å²) in [5.74, 6) is 0. The van der Waals surface area contributed by atoms with Gasteiger partial charge in [-0.2, -0.15) is 0 Å². The first-order valence-electron chi connectivity index (χ1n) is 7.77. The van der Waals surface area contributed by atoms with Crippen LogP contribution in [0, 0.1) is 0 Å². The second kappa shape index (κ2) is 6.00. The van der Waals surface area contributed by atoms with Gasteiger partial charge in [-0.25, -0.2) is 4.98 Å². The van der Waals surface area contributed by atoms with Crippen LogP contribution in [0.25, 0.3) is 0 Å². The summed E-state index contributed by atoms with van der Waals surface area (Å²) in [6.07, 6.45) is 6.24. The second-order valence-electron chi connectivity index (χ2n) is 6.18. The molecule has 5 heteroatoms. The van der Waals surface area contributed by atoms with Gasteiger partial charge >= 0.3 is 0 Å². The largest absolute Gasteiger partial charge is 0.348 e. The second-order valence-corrected chi connectivity index (χ2v) is 7.25. The van der Waals surface area contributed by atoms with Crippen LogP contribution in [0.1, 0.15) is 42.3 Å². The Labute approximate surface area is 126 Å². The lowest BCUT2D eigenvalue weighted by molar-refractivity contribution is 0.253. The normalized spacial score (nSPS) is 24.6. The van der Waals surface area contributed by atoms with Crippen molar-refractivity contribution in [1.82, 2.24) is 15.2 Å². The maximum Gasteiger partial charge on any atom is 0.185 e. The fourth-order valence-corrected chi connectivity index (χ4v) is 4.57. The van der Waals surface area contributed by atoms with Crippen molar-refractivity contribution >= 4 is 16.5 Å². The van der Waals surface area contributed by atoms with Gasteiger partial charge in [0, 0.05) is 18.0 Å². The van der Waals surface area contributed by atoms with Gasteiger partial charge < -0.3 is 15.1 Å². The zero-order chi connectivity index (χ0) is 14.1. The average Bonchev–Trinajstić information content (AvgIpc) is 2.91. The van der Waals surface area contributed by atoms with Gasteiger partial charge in [0.25, 0.3) is 0 Å². The third-order valence-electron chi connectivity index (χ3n) is 4.83. The number of hydrogen-bond donors (Lipinski definition) is 1. The lowest BCUT2D eigenvalue weighted by atomic mass is 9.98. The number of fused-ring (bicyclic) bond motifs is 1. The monoisotopic (exact) mass is 294 g/mol.